The number of benzene rings is 1. The predicted molar refractivity (Wildman–Crippen MR) is 63.1 cm³/mol. The Morgan fingerprint density at radius 2 is 2.22 bits per heavy atom. The van der Waals surface area contributed by atoms with Gasteiger partial charge in [0.1, 0.15) is 0 Å². The second kappa shape index (κ2) is 4.53. The van der Waals surface area contributed by atoms with Crippen molar-refractivity contribution < 1.29 is 9.31 Å². The Labute approximate surface area is 102 Å². The molecule has 0 unspecified atom stereocenters. The summed E-state index contributed by atoms with van der Waals surface area (Å²) in [6.45, 7) is 0.312. The molecule has 0 amide bonds. The third-order valence-electron chi connectivity index (χ3n) is 2.62. The number of hydrogen-bond acceptors (Lipinski definition) is 4. The van der Waals surface area contributed by atoms with Crippen LogP contribution in [0.5, 0.6) is 0 Å². The Bertz CT molecular complexity index is 609. The van der Waals surface area contributed by atoms with Gasteiger partial charge in [-0.25, -0.2) is 0 Å². The molecule has 0 bridgehead atoms. The number of aryl methyl sites for hydroxylation is 1. The summed E-state index contributed by atoms with van der Waals surface area (Å²) < 4.78 is 14.8. The monoisotopic (exact) mass is 250 g/mol. The maximum absolute atomic E-state index is 13.2. The number of halogens is 1. The normalized spacial score (nSPS) is 10.6. The molecule has 0 saturated heterocycles. The van der Waals surface area contributed by atoms with Gasteiger partial charge in [0.2, 0.25) is 5.82 Å². The molecule has 2 rings (SSSR count). The molecule has 0 radical (unpaired) electrons. The van der Waals surface area contributed by atoms with Gasteiger partial charge in [-0.15, -0.1) is 0 Å². The highest BCUT2D eigenvalue weighted by Gasteiger charge is 2.16. The molecule has 0 spiro atoms. The van der Waals surface area contributed by atoms with E-state index in [-0.39, 0.29) is 0 Å². The van der Waals surface area contributed by atoms with Crippen LogP contribution in [0.15, 0.2) is 24.3 Å². The van der Waals surface area contributed by atoms with Crippen molar-refractivity contribution in [3.05, 3.63) is 45.9 Å². The first-order valence-electron chi connectivity index (χ1n) is 5.20. The molecular formula is C11H11FN4O2. The van der Waals surface area contributed by atoms with Gasteiger partial charge in [-0.1, -0.05) is 0 Å². The van der Waals surface area contributed by atoms with Crippen LogP contribution in [0.4, 0.5) is 10.1 Å². The van der Waals surface area contributed by atoms with Crippen molar-refractivity contribution in [2.24, 2.45) is 12.8 Å². The standard InChI is InChI=1S/C11H11FN4O2/c1-15-8(6-13)5-10(14-15)7-2-3-9(12)11(4-7)16(17)18/h2-5H,6,13H2,1H3. The third-order valence-corrected chi connectivity index (χ3v) is 2.62. The summed E-state index contributed by atoms with van der Waals surface area (Å²) in [4.78, 5) is 9.90. The molecule has 2 N–H and O–H groups in total. The fourth-order valence-corrected chi connectivity index (χ4v) is 1.65. The van der Waals surface area contributed by atoms with Crippen LogP contribution >= 0.6 is 0 Å². The lowest BCUT2D eigenvalue weighted by molar-refractivity contribution is -0.387. The minimum Gasteiger partial charge on any atom is -0.325 e. The van der Waals surface area contributed by atoms with Crippen molar-refractivity contribution in [3.8, 4) is 11.3 Å². The molecule has 0 fully saturated rings. The molecule has 0 atom stereocenters. The van der Waals surface area contributed by atoms with Crippen molar-refractivity contribution in [1.82, 2.24) is 9.78 Å². The van der Waals surface area contributed by atoms with E-state index >= 15 is 0 Å². The van der Waals surface area contributed by atoms with Crippen LogP contribution in [0.25, 0.3) is 11.3 Å². The average Bonchev–Trinajstić information content (AvgIpc) is 2.70. The van der Waals surface area contributed by atoms with Gasteiger partial charge < -0.3 is 5.73 Å². The molecule has 94 valence electrons. The number of hydrogen-bond donors (Lipinski definition) is 1. The van der Waals surface area contributed by atoms with E-state index in [0.717, 1.165) is 17.8 Å². The summed E-state index contributed by atoms with van der Waals surface area (Å²) >= 11 is 0. The molecule has 2 aromatic rings. The maximum atomic E-state index is 13.2. The fraction of sp³-hybridized carbons (Fsp3) is 0.182. The highest BCUT2D eigenvalue weighted by molar-refractivity contribution is 5.63. The van der Waals surface area contributed by atoms with E-state index in [1.807, 2.05) is 0 Å². The van der Waals surface area contributed by atoms with E-state index in [0.29, 0.717) is 17.8 Å². The first-order chi connectivity index (χ1) is 8.52. The summed E-state index contributed by atoms with van der Waals surface area (Å²) in [5, 5.41) is 14.8. The van der Waals surface area contributed by atoms with Gasteiger partial charge in [-0.05, 0) is 18.2 Å². The topological polar surface area (TPSA) is 87.0 Å². The number of nitrogens with two attached hydrogens (primary N) is 1. The third kappa shape index (κ3) is 2.07. The Morgan fingerprint density at radius 3 is 2.78 bits per heavy atom. The van der Waals surface area contributed by atoms with Crippen LogP contribution < -0.4 is 5.73 Å². The first kappa shape index (κ1) is 12.2. The molecule has 0 aliphatic heterocycles. The summed E-state index contributed by atoms with van der Waals surface area (Å²) in [5.74, 6) is -0.862. The lowest BCUT2D eigenvalue weighted by Crippen LogP contribution is -2.03. The molecule has 18 heavy (non-hydrogen) atoms. The van der Waals surface area contributed by atoms with E-state index in [1.54, 1.807) is 17.8 Å². The zero-order valence-corrected chi connectivity index (χ0v) is 9.63. The fourth-order valence-electron chi connectivity index (χ4n) is 1.65. The number of nitro groups is 1. The van der Waals surface area contributed by atoms with Gasteiger partial charge in [0, 0.05) is 25.2 Å². The second-order valence-corrected chi connectivity index (χ2v) is 3.77. The maximum Gasteiger partial charge on any atom is 0.305 e. The van der Waals surface area contributed by atoms with Crippen LogP contribution in [-0.4, -0.2) is 14.7 Å². The van der Waals surface area contributed by atoms with Crippen LogP contribution in [0, 0.1) is 15.9 Å². The van der Waals surface area contributed by atoms with Crippen LogP contribution in [0.1, 0.15) is 5.69 Å². The lowest BCUT2D eigenvalue weighted by Gasteiger charge is -1.98. The molecule has 1 heterocycles. The van der Waals surface area contributed by atoms with Crippen molar-refractivity contribution in [2.45, 2.75) is 6.54 Å². The Morgan fingerprint density at radius 1 is 1.50 bits per heavy atom. The van der Waals surface area contributed by atoms with E-state index in [4.69, 9.17) is 5.73 Å². The molecule has 0 saturated carbocycles. The molecule has 0 aliphatic carbocycles. The Hall–Kier alpha value is -2.28. The average molecular weight is 250 g/mol. The number of rotatable bonds is 3. The second-order valence-electron chi connectivity index (χ2n) is 3.77. The summed E-state index contributed by atoms with van der Waals surface area (Å²) in [5.41, 5.74) is 6.75. The summed E-state index contributed by atoms with van der Waals surface area (Å²) in [7, 11) is 1.73. The van der Waals surface area contributed by atoms with Gasteiger partial charge in [0.15, 0.2) is 0 Å². The summed E-state index contributed by atoms with van der Waals surface area (Å²) in [6, 6.07) is 5.39. The van der Waals surface area contributed by atoms with E-state index in [1.165, 1.54) is 6.07 Å². The number of aromatic nitrogens is 2. The van der Waals surface area contributed by atoms with Crippen LogP contribution in [-0.2, 0) is 13.6 Å². The van der Waals surface area contributed by atoms with Gasteiger partial charge in [0.25, 0.3) is 0 Å². The zero-order valence-electron chi connectivity index (χ0n) is 9.63. The molecule has 0 aliphatic rings. The number of nitrogens with zero attached hydrogens (tertiary/aromatic N) is 3. The van der Waals surface area contributed by atoms with Crippen molar-refractivity contribution in [2.75, 3.05) is 0 Å². The highest BCUT2D eigenvalue weighted by atomic mass is 19.1. The van der Waals surface area contributed by atoms with Gasteiger partial charge >= 0.3 is 5.69 Å². The predicted octanol–water partition coefficient (Wildman–Crippen LogP) is 1.59. The van der Waals surface area contributed by atoms with E-state index < -0.39 is 16.4 Å². The zero-order chi connectivity index (χ0) is 13.3. The Balaban J connectivity index is 2.50. The molecule has 1 aromatic carbocycles. The van der Waals surface area contributed by atoms with Crippen molar-refractivity contribution >= 4 is 5.69 Å². The van der Waals surface area contributed by atoms with Gasteiger partial charge in [-0.3, -0.25) is 14.8 Å². The summed E-state index contributed by atoms with van der Waals surface area (Å²) in [6.07, 6.45) is 0. The van der Waals surface area contributed by atoms with Gasteiger partial charge in [-0.2, -0.15) is 9.49 Å². The minimum atomic E-state index is -0.862. The molecule has 1 aromatic heterocycles. The smallest absolute Gasteiger partial charge is 0.305 e. The minimum absolute atomic E-state index is 0.312. The van der Waals surface area contributed by atoms with Crippen molar-refractivity contribution in [3.63, 3.8) is 0 Å². The molecule has 7 heteroatoms. The first-order valence-corrected chi connectivity index (χ1v) is 5.20. The highest BCUT2D eigenvalue weighted by Crippen LogP contribution is 2.25. The quantitative estimate of drug-likeness (QED) is 0.662. The number of nitro benzene ring substituents is 1. The van der Waals surface area contributed by atoms with E-state index in [2.05, 4.69) is 5.10 Å². The van der Waals surface area contributed by atoms with Crippen LogP contribution in [0.3, 0.4) is 0 Å². The molecular weight excluding hydrogens is 239 g/mol. The SMILES string of the molecule is Cn1nc(-c2ccc(F)c([N+](=O)[O-])c2)cc1CN. The van der Waals surface area contributed by atoms with Crippen molar-refractivity contribution in [1.29, 1.82) is 0 Å². The Kier molecular flexibility index (Phi) is 3.07. The largest absolute Gasteiger partial charge is 0.325 e. The van der Waals surface area contributed by atoms with E-state index in [9.17, 15) is 14.5 Å². The van der Waals surface area contributed by atoms with Gasteiger partial charge in [0.05, 0.1) is 16.3 Å². The van der Waals surface area contributed by atoms with Crippen LogP contribution in [0.2, 0.25) is 0 Å². The molecule has 6 nitrogen and oxygen atoms in total. The lowest BCUT2D eigenvalue weighted by atomic mass is 10.1.